The van der Waals surface area contributed by atoms with E-state index in [1.807, 2.05) is 37.0 Å². The number of H-pyrrole nitrogens is 1. The third-order valence-corrected chi connectivity index (χ3v) is 3.98. The first-order valence-electron chi connectivity index (χ1n) is 8.35. The normalized spacial score (nSPS) is 12.1. The van der Waals surface area contributed by atoms with Gasteiger partial charge in [-0.1, -0.05) is 0 Å². The number of hydrogen-bond acceptors (Lipinski definition) is 8. The minimum absolute atomic E-state index is 0.189. The van der Waals surface area contributed by atoms with Crippen LogP contribution in [0.4, 0.5) is 17.6 Å². The fourth-order valence-corrected chi connectivity index (χ4v) is 2.61. The van der Waals surface area contributed by atoms with Crippen molar-refractivity contribution < 1.29 is 4.74 Å². The van der Waals surface area contributed by atoms with Gasteiger partial charge in [0, 0.05) is 19.4 Å². The number of ether oxygens (including phenoxy) is 1. The predicted molar refractivity (Wildman–Crippen MR) is 101 cm³/mol. The Morgan fingerprint density at radius 2 is 2.00 bits per heavy atom. The van der Waals surface area contributed by atoms with E-state index < -0.39 is 0 Å². The molecule has 10 heteroatoms. The summed E-state index contributed by atoms with van der Waals surface area (Å²) in [6.45, 7) is 1.94. The van der Waals surface area contributed by atoms with Crippen molar-refractivity contribution in [2.24, 2.45) is 7.05 Å². The highest BCUT2D eigenvalue weighted by Crippen LogP contribution is 2.25. The van der Waals surface area contributed by atoms with Crippen molar-refractivity contribution >= 4 is 28.6 Å². The van der Waals surface area contributed by atoms with Crippen LogP contribution >= 0.6 is 0 Å². The molecule has 10 nitrogen and oxygen atoms in total. The van der Waals surface area contributed by atoms with E-state index >= 15 is 0 Å². The highest BCUT2D eigenvalue weighted by molar-refractivity contribution is 5.89. The molecular weight excluding hydrogens is 346 g/mol. The van der Waals surface area contributed by atoms with Gasteiger partial charge in [-0.3, -0.25) is 0 Å². The van der Waals surface area contributed by atoms with Crippen LogP contribution in [0, 0.1) is 0 Å². The van der Waals surface area contributed by atoms with Gasteiger partial charge < -0.3 is 24.9 Å². The van der Waals surface area contributed by atoms with Crippen molar-refractivity contribution in [2.75, 3.05) is 17.7 Å². The molecule has 0 saturated heterocycles. The van der Waals surface area contributed by atoms with Crippen LogP contribution in [0.3, 0.4) is 0 Å². The number of aromatic nitrogens is 7. The number of hydrogen-bond donors (Lipinski definition) is 3. The van der Waals surface area contributed by atoms with E-state index in [1.54, 1.807) is 25.8 Å². The summed E-state index contributed by atoms with van der Waals surface area (Å²) in [5, 5.41) is 7.34. The Morgan fingerprint density at radius 1 is 1.19 bits per heavy atom. The number of methoxy groups -OCH3 is 1. The molecule has 0 saturated carbocycles. The summed E-state index contributed by atoms with van der Waals surface area (Å²) in [4.78, 5) is 25.1. The smallest absolute Gasteiger partial charge is 0.227 e. The highest BCUT2D eigenvalue weighted by atomic mass is 16.5. The number of aromatic amines is 1. The maximum absolute atomic E-state index is 5.09. The molecule has 4 rings (SSSR count). The largest absolute Gasteiger partial charge is 0.494 e. The zero-order valence-corrected chi connectivity index (χ0v) is 15.1. The molecule has 0 aromatic carbocycles. The van der Waals surface area contributed by atoms with Gasteiger partial charge in [0.15, 0.2) is 5.75 Å². The van der Waals surface area contributed by atoms with Crippen molar-refractivity contribution in [1.82, 2.24) is 34.5 Å². The van der Waals surface area contributed by atoms with Gasteiger partial charge in [-0.05, 0) is 13.0 Å². The monoisotopic (exact) mass is 365 g/mol. The van der Waals surface area contributed by atoms with Gasteiger partial charge in [0.05, 0.1) is 37.3 Å². The lowest BCUT2D eigenvalue weighted by molar-refractivity contribution is 0.409. The van der Waals surface area contributed by atoms with Crippen LogP contribution in [-0.2, 0) is 7.05 Å². The van der Waals surface area contributed by atoms with E-state index in [0.717, 1.165) is 5.39 Å². The molecular formula is C17H19N9O. The van der Waals surface area contributed by atoms with E-state index in [9.17, 15) is 0 Å². The van der Waals surface area contributed by atoms with Gasteiger partial charge in [-0.15, -0.1) is 0 Å². The first-order valence-corrected chi connectivity index (χ1v) is 8.35. The van der Waals surface area contributed by atoms with Crippen LogP contribution in [0.2, 0.25) is 0 Å². The molecule has 0 amide bonds. The zero-order chi connectivity index (χ0) is 18.8. The van der Waals surface area contributed by atoms with Crippen LogP contribution in [0.15, 0.2) is 37.2 Å². The van der Waals surface area contributed by atoms with Gasteiger partial charge in [0.2, 0.25) is 5.95 Å². The maximum Gasteiger partial charge on any atom is 0.227 e. The third kappa shape index (κ3) is 3.50. The number of fused-ring (bicyclic) bond motifs is 1. The molecule has 4 aromatic heterocycles. The van der Waals surface area contributed by atoms with E-state index in [0.29, 0.717) is 34.8 Å². The van der Waals surface area contributed by atoms with E-state index in [2.05, 4.69) is 40.5 Å². The predicted octanol–water partition coefficient (Wildman–Crippen LogP) is 2.41. The average Bonchev–Trinajstić information content (AvgIpc) is 3.30. The summed E-state index contributed by atoms with van der Waals surface area (Å²) in [5.41, 5.74) is 0.716. The lowest BCUT2D eigenvalue weighted by atomic mass is 10.3. The summed E-state index contributed by atoms with van der Waals surface area (Å²) >= 11 is 0. The van der Waals surface area contributed by atoms with Crippen molar-refractivity contribution in [3.05, 3.63) is 43.0 Å². The second kappa shape index (κ2) is 6.90. The summed E-state index contributed by atoms with van der Waals surface area (Å²) in [7, 11) is 3.49. The molecule has 4 aromatic rings. The Hall–Kier alpha value is -3.69. The zero-order valence-electron chi connectivity index (χ0n) is 15.1. The summed E-state index contributed by atoms with van der Waals surface area (Å²) in [6.07, 6.45) is 8.68. The van der Waals surface area contributed by atoms with Gasteiger partial charge in [-0.2, -0.15) is 9.97 Å². The SMILES string of the molecule is COc1cnc([C@@H](C)Nc2nc(Nc3cn(C)cn3)c3cc[nH]c3n2)nc1. The van der Waals surface area contributed by atoms with Crippen LogP contribution in [-0.4, -0.2) is 41.6 Å². The summed E-state index contributed by atoms with van der Waals surface area (Å²) in [6, 6.07) is 1.73. The second-order valence-corrected chi connectivity index (χ2v) is 6.03. The Bertz CT molecular complexity index is 1050. The second-order valence-electron chi connectivity index (χ2n) is 6.03. The number of rotatable bonds is 6. The van der Waals surface area contributed by atoms with Gasteiger partial charge >= 0.3 is 0 Å². The Morgan fingerprint density at radius 3 is 2.70 bits per heavy atom. The molecule has 27 heavy (non-hydrogen) atoms. The number of nitrogens with zero attached hydrogens (tertiary/aromatic N) is 6. The molecule has 0 radical (unpaired) electrons. The Balaban J connectivity index is 1.61. The first kappa shape index (κ1) is 16.8. The van der Waals surface area contributed by atoms with Gasteiger partial charge in [0.1, 0.15) is 23.1 Å². The van der Waals surface area contributed by atoms with Crippen LogP contribution in [0.1, 0.15) is 18.8 Å². The van der Waals surface area contributed by atoms with Crippen molar-refractivity contribution in [3.8, 4) is 5.75 Å². The van der Waals surface area contributed by atoms with Crippen molar-refractivity contribution in [2.45, 2.75) is 13.0 Å². The molecule has 0 unspecified atom stereocenters. The number of anilines is 3. The minimum Gasteiger partial charge on any atom is -0.494 e. The average molecular weight is 365 g/mol. The summed E-state index contributed by atoms with van der Waals surface area (Å²) in [5.74, 6) is 3.04. The van der Waals surface area contributed by atoms with Crippen LogP contribution in [0.25, 0.3) is 11.0 Å². The molecule has 0 aliphatic carbocycles. The molecule has 0 spiro atoms. The van der Waals surface area contributed by atoms with Crippen molar-refractivity contribution in [1.29, 1.82) is 0 Å². The molecule has 0 aliphatic heterocycles. The maximum atomic E-state index is 5.09. The molecule has 3 N–H and O–H groups in total. The fraction of sp³-hybridized carbons (Fsp3) is 0.235. The lowest BCUT2D eigenvalue weighted by Gasteiger charge is -2.14. The topological polar surface area (TPSA) is 118 Å². The molecule has 1 atom stereocenters. The lowest BCUT2D eigenvalue weighted by Crippen LogP contribution is -2.13. The van der Waals surface area contributed by atoms with E-state index in [1.165, 1.54) is 0 Å². The van der Waals surface area contributed by atoms with Gasteiger partial charge in [0.25, 0.3) is 0 Å². The third-order valence-electron chi connectivity index (χ3n) is 3.98. The first-order chi connectivity index (χ1) is 13.1. The van der Waals surface area contributed by atoms with Crippen LogP contribution < -0.4 is 15.4 Å². The standard InChI is InChI=1S/C17H19N9O/c1-10(14-19-6-11(27-3)7-20-14)22-17-24-15-12(4-5-18-15)16(25-17)23-13-8-26(2)9-21-13/h4-10H,1-3H3,(H3,18,22,23,24,25)/t10-/m1/s1. The highest BCUT2D eigenvalue weighted by Gasteiger charge is 2.14. The van der Waals surface area contributed by atoms with Crippen LogP contribution in [0.5, 0.6) is 5.75 Å². The van der Waals surface area contributed by atoms with Gasteiger partial charge in [-0.25, -0.2) is 15.0 Å². The quantitative estimate of drug-likeness (QED) is 0.477. The molecule has 0 fully saturated rings. The molecule has 4 heterocycles. The Labute approximate surface area is 155 Å². The molecule has 0 aliphatic rings. The van der Waals surface area contributed by atoms with E-state index in [-0.39, 0.29) is 6.04 Å². The number of nitrogens with one attached hydrogen (secondary N) is 3. The van der Waals surface area contributed by atoms with E-state index in [4.69, 9.17) is 4.74 Å². The number of imidazole rings is 1. The summed E-state index contributed by atoms with van der Waals surface area (Å²) < 4.78 is 6.95. The molecule has 138 valence electrons. The van der Waals surface area contributed by atoms with Crippen molar-refractivity contribution in [3.63, 3.8) is 0 Å². The number of aryl methyl sites for hydroxylation is 1. The fourth-order valence-electron chi connectivity index (χ4n) is 2.61. The minimum atomic E-state index is -0.189. The molecule has 0 bridgehead atoms. The Kier molecular flexibility index (Phi) is 4.29.